The summed E-state index contributed by atoms with van der Waals surface area (Å²) in [6.45, 7) is 4.73. The van der Waals surface area contributed by atoms with Gasteiger partial charge in [0.15, 0.2) is 5.13 Å². The van der Waals surface area contributed by atoms with Crippen LogP contribution in [0.5, 0.6) is 0 Å². The average molecular weight is 281 g/mol. The Hall–Kier alpha value is -1.10. The monoisotopic (exact) mass is 281 g/mol. The Morgan fingerprint density at radius 3 is 2.68 bits per heavy atom. The third-order valence-corrected chi connectivity index (χ3v) is 4.80. The molecule has 1 saturated carbocycles. The van der Waals surface area contributed by atoms with Crippen molar-refractivity contribution in [2.45, 2.75) is 52.4 Å². The second-order valence-electron chi connectivity index (χ2n) is 5.33. The van der Waals surface area contributed by atoms with Crippen molar-refractivity contribution in [3.63, 3.8) is 0 Å². The normalized spacial score (nSPS) is 16.3. The largest absolute Gasteiger partial charge is 0.338 e. The first-order valence-electron chi connectivity index (χ1n) is 7.14. The molecule has 1 aliphatic rings. The van der Waals surface area contributed by atoms with Gasteiger partial charge in [0.1, 0.15) is 0 Å². The van der Waals surface area contributed by atoms with Gasteiger partial charge in [-0.2, -0.15) is 0 Å². The minimum Gasteiger partial charge on any atom is -0.338 e. The van der Waals surface area contributed by atoms with Crippen molar-refractivity contribution in [1.82, 2.24) is 10.3 Å². The highest BCUT2D eigenvalue weighted by Crippen LogP contribution is 2.25. The number of aryl methyl sites for hydroxylation is 2. The first kappa shape index (κ1) is 14.3. The molecule has 4 nitrogen and oxygen atoms in total. The maximum atomic E-state index is 11.7. The summed E-state index contributed by atoms with van der Waals surface area (Å²) >= 11 is 1.52. The summed E-state index contributed by atoms with van der Waals surface area (Å²) in [7, 11) is 0. The maximum absolute atomic E-state index is 11.7. The number of anilines is 1. The smallest absolute Gasteiger partial charge is 0.321 e. The van der Waals surface area contributed by atoms with Gasteiger partial charge in [-0.25, -0.2) is 9.78 Å². The average Bonchev–Trinajstić information content (AvgIpc) is 2.69. The van der Waals surface area contributed by atoms with Crippen molar-refractivity contribution in [2.24, 2.45) is 5.92 Å². The van der Waals surface area contributed by atoms with Crippen molar-refractivity contribution < 1.29 is 4.79 Å². The fourth-order valence-electron chi connectivity index (χ4n) is 2.53. The van der Waals surface area contributed by atoms with E-state index in [-0.39, 0.29) is 6.03 Å². The number of aromatic nitrogens is 1. The SMILES string of the molecule is Cc1nc(NC(=O)NCCC2CCCCC2)sc1C. The molecular weight excluding hydrogens is 258 g/mol. The van der Waals surface area contributed by atoms with Crippen molar-refractivity contribution >= 4 is 22.5 Å². The number of carbonyl (C=O) groups excluding carboxylic acids is 1. The highest BCUT2D eigenvalue weighted by atomic mass is 32.1. The Kier molecular flexibility index (Phi) is 5.19. The number of urea groups is 1. The summed E-state index contributed by atoms with van der Waals surface area (Å²) in [6, 6.07) is -0.135. The van der Waals surface area contributed by atoms with Gasteiger partial charge >= 0.3 is 6.03 Å². The van der Waals surface area contributed by atoms with Crippen LogP contribution in [0.15, 0.2) is 0 Å². The van der Waals surface area contributed by atoms with Crippen LogP contribution in [0.1, 0.15) is 49.1 Å². The molecular formula is C14H23N3OS. The summed E-state index contributed by atoms with van der Waals surface area (Å²) in [5.74, 6) is 0.804. The van der Waals surface area contributed by atoms with Crippen LogP contribution in [-0.2, 0) is 0 Å². The molecule has 0 bridgehead atoms. The van der Waals surface area contributed by atoms with Gasteiger partial charge < -0.3 is 5.32 Å². The number of nitrogens with zero attached hydrogens (tertiary/aromatic N) is 1. The molecule has 1 aromatic heterocycles. The third-order valence-electron chi connectivity index (χ3n) is 3.81. The van der Waals surface area contributed by atoms with E-state index < -0.39 is 0 Å². The lowest BCUT2D eigenvalue weighted by Crippen LogP contribution is -2.30. The lowest BCUT2D eigenvalue weighted by Gasteiger charge is -2.21. The molecule has 2 N–H and O–H groups in total. The van der Waals surface area contributed by atoms with Gasteiger partial charge in [0.25, 0.3) is 0 Å². The van der Waals surface area contributed by atoms with E-state index in [2.05, 4.69) is 15.6 Å². The molecule has 0 saturated heterocycles. The summed E-state index contributed by atoms with van der Waals surface area (Å²) < 4.78 is 0. The van der Waals surface area contributed by atoms with Crippen molar-refractivity contribution in [1.29, 1.82) is 0 Å². The number of thiazole rings is 1. The van der Waals surface area contributed by atoms with Crippen molar-refractivity contribution in [3.05, 3.63) is 10.6 Å². The van der Waals surface area contributed by atoms with E-state index in [0.29, 0.717) is 5.13 Å². The highest BCUT2D eigenvalue weighted by molar-refractivity contribution is 7.15. The van der Waals surface area contributed by atoms with E-state index >= 15 is 0 Å². The van der Waals surface area contributed by atoms with Crippen LogP contribution in [-0.4, -0.2) is 17.6 Å². The molecule has 5 heteroatoms. The zero-order chi connectivity index (χ0) is 13.7. The predicted octanol–water partition coefficient (Wildman–Crippen LogP) is 3.85. The van der Waals surface area contributed by atoms with Crippen LogP contribution in [0.2, 0.25) is 0 Å². The molecule has 0 radical (unpaired) electrons. The summed E-state index contributed by atoms with van der Waals surface area (Å²) in [5, 5.41) is 6.41. The third kappa shape index (κ3) is 4.49. The minimum absolute atomic E-state index is 0.135. The van der Waals surface area contributed by atoms with Gasteiger partial charge in [0.2, 0.25) is 0 Å². The van der Waals surface area contributed by atoms with Crippen LogP contribution in [0.4, 0.5) is 9.93 Å². The molecule has 1 heterocycles. The second-order valence-corrected chi connectivity index (χ2v) is 6.54. The predicted molar refractivity (Wildman–Crippen MR) is 79.8 cm³/mol. The fourth-order valence-corrected chi connectivity index (χ4v) is 3.34. The number of nitrogens with one attached hydrogen (secondary N) is 2. The molecule has 1 fully saturated rings. The lowest BCUT2D eigenvalue weighted by molar-refractivity contribution is 0.250. The zero-order valence-corrected chi connectivity index (χ0v) is 12.6. The van der Waals surface area contributed by atoms with Crippen LogP contribution >= 0.6 is 11.3 Å². The Labute approximate surface area is 119 Å². The standard InChI is InChI=1S/C14H23N3OS/c1-10-11(2)19-14(16-10)17-13(18)15-9-8-12-6-4-3-5-7-12/h12H,3-9H2,1-2H3,(H2,15,16,17,18). The van der Waals surface area contributed by atoms with Crippen LogP contribution in [0, 0.1) is 19.8 Å². The van der Waals surface area contributed by atoms with Gasteiger partial charge in [0, 0.05) is 11.4 Å². The molecule has 0 spiro atoms. The van der Waals surface area contributed by atoms with Gasteiger partial charge in [-0.05, 0) is 26.2 Å². The van der Waals surface area contributed by atoms with E-state index in [0.717, 1.165) is 29.5 Å². The molecule has 0 unspecified atom stereocenters. The van der Waals surface area contributed by atoms with Crippen LogP contribution < -0.4 is 10.6 Å². The van der Waals surface area contributed by atoms with Gasteiger partial charge in [-0.1, -0.05) is 32.1 Å². The molecule has 2 amide bonds. The van der Waals surface area contributed by atoms with Crippen LogP contribution in [0.25, 0.3) is 0 Å². The Morgan fingerprint density at radius 1 is 1.32 bits per heavy atom. The van der Waals surface area contributed by atoms with E-state index in [1.807, 2.05) is 13.8 Å². The van der Waals surface area contributed by atoms with Crippen LogP contribution in [0.3, 0.4) is 0 Å². The number of amides is 2. The van der Waals surface area contributed by atoms with Gasteiger partial charge in [0.05, 0.1) is 5.69 Å². The van der Waals surface area contributed by atoms with Gasteiger partial charge in [-0.15, -0.1) is 11.3 Å². The Morgan fingerprint density at radius 2 is 2.05 bits per heavy atom. The molecule has 0 aliphatic heterocycles. The summed E-state index contributed by atoms with van der Waals surface area (Å²) in [6.07, 6.45) is 7.85. The minimum atomic E-state index is -0.135. The molecule has 0 atom stereocenters. The van der Waals surface area contributed by atoms with E-state index in [1.165, 1.54) is 43.4 Å². The highest BCUT2D eigenvalue weighted by Gasteiger charge is 2.13. The maximum Gasteiger partial charge on any atom is 0.321 e. The number of rotatable bonds is 4. The van der Waals surface area contributed by atoms with Gasteiger partial charge in [-0.3, -0.25) is 5.32 Å². The number of carbonyl (C=O) groups is 1. The lowest BCUT2D eigenvalue weighted by atomic mass is 9.87. The zero-order valence-electron chi connectivity index (χ0n) is 11.8. The fraction of sp³-hybridized carbons (Fsp3) is 0.714. The Balaban J connectivity index is 1.66. The van der Waals surface area contributed by atoms with E-state index in [4.69, 9.17) is 0 Å². The number of hydrogen-bond donors (Lipinski definition) is 2. The molecule has 0 aromatic carbocycles. The first-order chi connectivity index (χ1) is 9.15. The molecule has 1 aromatic rings. The van der Waals surface area contributed by atoms with E-state index in [1.54, 1.807) is 0 Å². The quantitative estimate of drug-likeness (QED) is 0.880. The summed E-state index contributed by atoms with van der Waals surface area (Å²) in [5.41, 5.74) is 0.988. The topological polar surface area (TPSA) is 54.0 Å². The molecule has 1 aliphatic carbocycles. The Bertz CT molecular complexity index is 405. The van der Waals surface area contributed by atoms with E-state index in [9.17, 15) is 4.79 Å². The number of hydrogen-bond acceptors (Lipinski definition) is 3. The first-order valence-corrected chi connectivity index (χ1v) is 7.95. The van der Waals surface area contributed by atoms with Crippen molar-refractivity contribution in [3.8, 4) is 0 Å². The molecule has 2 rings (SSSR count). The second kappa shape index (κ2) is 6.89. The molecule has 19 heavy (non-hydrogen) atoms. The summed E-state index contributed by atoms with van der Waals surface area (Å²) in [4.78, 5) is 17.2. The van der Waals surface area contributed by atoms with Crippen molar-refractivity contribution in [2.75, 3.05) is 11.9 Å². The molecule has 106 valence electrons.